The van der Waals surface area contributed by atoms with Gasteiger partial charge in [-0.3, -0.25) is 4.79 Å². The maximum absolute atomic E-state index is 13.3. The summed E-state index contributed by atoms with van der Waals surface area (Å²) >= 11 is 0. The Morgan fingerprint density at radius 3 is 2.12 bits per heavy atom. The Hall–Kier alpha value is -4.28. The summed E-state index contributed by atoms with van der Waals surface area (Å²) in [5.74, 6) is -1.83. The van der Waals surface area contributed by atoms with E-state index in [-0.39, 0.29) is 31.7 Å². The van der Waals surface area contributed by atoms with Crippen molar-refractivity contribution in [3.05, 3.63) is 64.7 Å². The molecule has 0 unspecified atom stereocenters. The molecule has 5 N–H and O–H groups in total. The van der Waals surface area contributed by atoms with Crippen LogP contribution in [0.4, 0.5) is 9.59 Å². The molecule has 0 aliphatic heterocycles. The number of aryl methyl sites for hydroxylation is 2. The quantitative estimate of drug-likeness (QED) is 0.224. The minimum Gasteiger partial charge on any atom is -0.508 e. The van der Waals surface area contributed by atoms with Crippen LogP contribution in [0.25, 0.3) is 0 Å². The topological polar surface area (TPSA) is 163 Å². The van der Waals surface area contributed by atoms with Gasteiger partial charge in [-0.05, 0) is 88.3 Å². The Balaban J connectivity index is 2.05. The molecule has 0 fully saturated rings. The van der Waals surface area contributed by atoms with Gasteiger partial charge in [0.15, 0.2) is 0 Å². The molecule has 41 heavy (non-hydrogen) atoms. The Morgan fingerprint density at radius 1 is 0.902 bits per heavy atom. The van der Waals surface area contributed by atoms with E-state index in [4.69, 9.17) is 9.47 Å². The minimum atomic E-state index is -1.22. The van der Waals surface area contributed by atoms with Crippen molar-refractivity contribution in [3.8, 4) is 5.75 Å². The van der Waals surface area contributed by atoms with Crippen molar-refractivity contribution in [1.82, 2.24) is 16.0 Å². The van der Waals surface area contributed by atoms with Gasteiger partial charge < -0.3 is 35.6 Å². The van der Waals surface area contributed by atoms with E-state index in [9.17, 15) is 29.4 Å². The largest absolute Gasteiger partial charge is 0.508 e. The summed E-state index contributed by atoms with van der Waals surface area (Å²) in [7, 11) is 0. The standard InChI is InChI=1S/C30H41N3O8/c1-19-15-22(34)16-20(2)23(19)17-25(33-29(39)40-18-21-11-7-6-8-12-21)26(35)32-24(27(36)37)13-9-10-14-31-28(38)41-30(3,4)5/h6-8,11-12,15-16,24-25,34H,9-10,13-14,17-18H2,1-5H3,(H,31,38)(H,32,35)(H,33,39)(H,36,37)/t24-,25+/m0/s1. The van der Waals surface area contributed by atoms with E-state index in [0.29, 0.717) is 24.0 Å². The average Bonchev–Trinajstić information content (AvgIpc) is 2.87. The molecule has 2 rings (SSSR count). The predicted molar refractivity (Wildman–Crippen MR) is 152 cm³/mol. The molecule has 0 saturated carbocycles. The molecule has 2 aromatic carbocycles. The summed E-state index contributed by atoms with van der Waals surface area (Å²) in [5.41, 5.74) is 2.30. The van der Waals surface area contributed by atoms with Gasteiger partial charge in [0.2, 0.25) is 5.91 Å². The summed E-state index contributed by atoms with van der Waals surface area (Å²) < 4.78 is 10.5. The van der Waals surface area contributed by atoms with Crippen molar-refractivity contribution < 1.29 is 38.9 Å². The molecular formula is C30H41N3O8. The Bertz CT molecular complexity index is 1170. The number of aromatic hydroxyl groups is 1. The van der Waals surface area contributed by atoms with Crippen LogP contribution in [0.1, 0.15) is 62.3 Å². The lowest BCUT2D eigenvalue weighted by Gasteiger charge is -2.23. The second-order valence-electron chi connectivity index (χ2n) is 10.8. The van der Waals surface area contributed by atoms with Crippen molar-refractivity contribution in [1.29, 1.82) is 0 Å². The van der Waals surface area contributed by atoms with E-state index in [2.05, 4.69) is 16.0 Å². The average molecular weight is 572 g/mol. The summed E-state index contributed by atoms with van der Waals surface area (Å²) in [4.78, 5) is 49.6. The van der Waals surface area contributed by atoms with Crippen molar-refractivity contribution >= 4 is 24.1 Å². The number of nitrogens with one attached hydrogen (secondary N) is 3. The molecule has 0 heterocycles. The number of amides is 3. The van der Waals surface area contributed by atoms with Gasteiger partial charge in [0.05, 0.1) is 0 Å². The van der Waals surface area contributed by atoms with E-state index < -0.39 is 41.7 Å². The highest BCUT2D eigenvalue weighted by atomic mass is 16.6. The first kappa shape index (κ1) is 32.9. The number of carboxylic acid groups (broad SMARTS) is 1. The van der Waals surface area contributed by atoms with Gasteiger partial charge in [-0.15, -0.1) is 0 Å². The van der Waals surface area contributed by atoms with Gasteiger partial charge in [-0.25, -0.2) is 14.4 Å². The Labute approximate surface area is 240 Å². The smallest absolute Gasteiger partial charge is 0.408 e. The predicted octanol–water partition coefficient (Wildman–Crippen LogP) is 4.11. The number of unbranched alkanes of at least 4 members (excludes halogenated alkanes) is 1. The first-order chi connectivity index (χ1) is 19.2. The fraction of sp³-hybridized carbons (Fsp3) is 0.467. The summed E-state index contributed by atoms with van der Waals surface area (Å²) in [5, 5.41) is 27.3. The van der Waals surface area contributed by atoms with Crippen molar-refractivity contribution in [2.45, 2.75) is 84.6 Å². The number of aliphatic carboxylic acids is 1. The number of phenolic OH excluding ortho intramolecular Hbond substituents is 1. The molecule has 0 saturated heterocycles. The Morgan fingerprint density at radius 2 is 1.54 bits per heavy atom. The van der Waals surface area contributed by atoms with Crippen LogP contribution in [0.5, 0.6) is 5.75 Å². The molecule has 2 aromatic rings. The lowest BCUT2D eigenvalue weighted by molar-refractivity contribution is -0.142. The second-order valence-corrected chi connectivity index (χ2v) is 10.8. The number of hydrogen-bond acceptors (Lipinski definition) is 7. The molecule has 0 bridgehead atoms. The number of carbonyl (C=O) groups is 4. The van der Waals surface area contributed by atoms with E-state index in [1.54, 1.807) is 58.9 Å². The number of alkyl carbamates (subject to hydrolysis) is 2. The zero-order chi connectivity index (χ0) is 30.6. The maximum atomic E-state index is 13.3. The first-order valence-electron chi connectivity index (χ1n) is 13.5. The molecule has 0 spiro atoms. The number of carbonyl (C=O) groups excluding carboxylic acids is 3. The van der Waals surface area contributed by atoms with Crippen molar-refractivity contribution in [3.63, 3.8) is 0 Å². The third-order valence-electron chi connectivity index (χ3n) is 6.11. The van der Waals surface area contributed by atoms with Gasteiger partial charge in [0, 0.05) is 13.0 Å². The molecule has 0 radical (unpaired) electrons. The molecule has 0 aliphatic carbocycles. The minimum absolute atomic E-state index is 0.00659. The maximum Gasteiger partial charge on any atom is 0.408 e. The molecule has 0 aliphatic rings. The van der Waals surface area contributed by atoms with E-state index in [1.807, 2.05) is 18.2 Å². The van der Waals surface area contributed by atoms with Gasteiger partial charge in [0.25, 0.3) is 0 Å². The monoisotopic (exact) mass is 571 g/mol. The summed E-state index contributed by atoms with van der Waals surface area (Å²) in [6.45, 7) is 9.08. The molecule has 11 nitrogen and oxygen atoms in total. The van der Waals surface area contributed by atoms with Crippen LogP contribution in [0, 0.1) is 13.8 Å². The van der Waals surface area contributed by atoms with Crippen molar-refractivity contribution in [2.24, 2.45) is 0 Å². The fourth-order valence-corrected chi connectivity index (χ4v) is 4.12. The van der Waals surface area contributed by atoms with Gasteiger partial charge in [-0.2, -0.15) is 0 Å². The van der Waals surface area contributed by atoms with Crippen LogP contribution in [-0.4, -0.2) is 58.5 Å². The number of hydrogen-bond donors (Lipinski definition) is 5. The van der Waals surface area contributed by atoms with Crippen molar-refractivity contribution in [2.75, 3.05) is 6.54 Å². The van der Waals surface area contributed by atoms with Gasteiger partial charge in [0.1, 0.15) is 30.0 Å². The number of ether oxygens (including phenoxy) is 2. The number of phenols is 1. The second kappa shape index (κ2) is 15.5. The zero-order valence-corrected chi connectivity index (χ0v) is 24.3. The number of benzene rings is 2. The lowest BCUT2D eigenvalue weighted by Crippen LogP contribution is -2.52. The van der Waals surface area contributed by atoms with Crippen LogP contribution < -0.4 is 16.0 Å². The Kier molecular flexibility index (Phi) is 12.4. The third-order valence-corrected chi connectivity index (χ3v) is 6.11. The fourth-order valence-electron chi connectivity index (χ4n) is 4.12. The molecule has 2 atom stereocenters. The molecule has 224 valence electrons. The van der Waals surface area contributed by atoms with E-state index >= 15 is 0 Å². The third kappa shape index (κ3) is 12.2. The van der Waals surface area contributed by atoms with Crippen LogP contribution in [-0.2, 0) is 32.1 Å². The molecule has 0 aromatic heterocycles. The van der Waals surface area contributed by atoms with Crippen LogP contribution in [0.15, 0.2) is 42.5 Å². The molecule has 3 amide bonds. The first-order valence-corrected chi connectivity index (χ1v) is 13.5. The van der Waals surface area contributed by atoms with E-state index in [1.165, 1.54) is 0 Å². The van der Waals surface area contributed by atoms with Crippen LogP contribution >= 0.6 is 0 Å². The number of rotatable bonds is 13. The van der Waals surface area contributed by atoms with E-state index in [0.717, 1.165) is 11.1 Å². The van der Waals surface area contributed by atoms with Crippen LogP contribution in [0.2, 0.25) is 0 Å². The molecular weight excluding hydrogens is 530 g/mol. The lowest BCUT2D eigenvalue weighted by atomic mass is 9.95. The highest BCUT2D eigenvalue weighted by Gasteiger charge is 2.28. The summed E-state index contributed by atoms with van der Waals surface area (Å²) in [6, 6.07) is 9.79. The SMILES string of the molecule is Cc1cc(O)cc(C)c1C[C@@H](NC(=O)OCc1ccccc1)C(=O)N[C@@H](CCCCNC(=O)OC(C)(C)C)C(=O)O. The highest BCUT2D eigenvalue weighted by molar-refractivity contribution is 5.89. The zero-order valence-electron chi connectivity index (χ0n) is 24.3. The number of carboxylic acids is 1. The van der Waals surface area contributed by atoms with Crippen LogP contribution in [0.3, 0.4) is 0 Å². The van der Waals surface area contributed by atoms with Gasteiger partial charge >= 0.3 is 18.2 Å². The summed E-state index contributed by atoms with van der Waals surface area (Å²) in [6.07, 6.45) is -0.356. The highest BCUT2D eigenvalue weighted by Crippen LogP contribution is 2.22. The van der Waals surface area contributed by atoms with Gasteiger partial charge in [-0.1, -0.05) is 30.3 Å². The normalized spacial score (nSPS) is 12.5. The molecule has 11 heteroatoms.